The normalized spacial score (nSPS) is 11.0. The standard InChI is InChI=1S/C7H7F3N2.C6H4Cl4N2/c8-7(9,10)5-3-4(11)1-2-6(5)12;7-1-2(8)5(11)4(10)6(12)3(1)9/h1-3H,11-12H2;11-12H2. The molecule has 0 aliphatic carbocycles. The van der Waals surface area contributed by atoms with E-state index in [4.69, 9.17) is 69.3 Å². The molecule has 11 heteroatoms. The first-order chi connectivity index (χ1) is 10.9. The molecule has 8 N–H and O–H groups in total. The van der Waals surface area contributed by atoms with Crippen molar-refractivity contribution in [3.8, 4) is 0 Å². The second-order valence-corrected chi connectivity index (χ2v) is 5.94. The van der Waals surface area contributed by atoms with Crippen LogP contribution in [0.15, 0.2) is 18.2 Å². The second kappa shape index (κ2) is 7.65. The SMILES string of the molecule is Nc1c(Cl)c(N)c(Cl)c(Cl)c1Cl.Nc1ccc(N)c(C(F)(F)F)c1. The Morgan fingerprint density at radius 3 is 1.54 bits per heavy atom. The summed E-state index contributed by atoms with van der Waals surface area (Å²) in [5.74, 6) is 0. The van der Waals surface area contributed by atoms with Crippen molar-refractivity contribution in [1.82, 2.24) is 0 Å². The summed E-state index contributed by atoms with van der Waals surface area (Å²) in [6.45, 7) is 0. The number of nitrogens with two attached hydrogens (primary N) is 4. The fourth-order valence-corrected chi connectivity index (χ4v) is 2.41. The zero-order valence-electron chi connectivity index (χ0n) is 11.7. The van der Waals surface area contributed by atoms with Crippen LogP contribution >= 0.6 is 46.4 Å². The van der Waals surface area contributed by atoms with E-state index in [9.17, 15) is 13.2 Å². The summed E-state index contributed by atoms with van der Waals surface area (Å²) in [6.07, 6.45) is -4.43. The van der Waals surface area contributed by atoms with Crippen LogP contribution in [-0.2, 0) is 6.18 Å². The van der Waals surface area contributed by atoms with E-state index in [0.717, 1.165) is 12.1 Å². The number of halogens is 7. The van der Waals surface area contributed by atoms with Crippen molar-refractivity contribution < 1.29 is 13.2 Å². The van der Waals surface area contributed by atoms with Gasteiger partial charge in [0.25, 0.3) is 0 Å². The molecule has 2 rings (SSSR count). The van der Waals surface area contributed by atoms with E-state index in [2.05, 4.69) is 0 Å². The molecule has 132 valence electrons. The number of anilines is 4. The molecule has 0 saturated heterocycles. The maximum Gasteiger partial charge on any atom is 0.418 e. The third-order valence-corrected chi connectivity index (χ3v) is 4.48. The highest BCUT2D eigenvalue weighted by molar-refractivity contribution is 6.52. The lowest BCUT2D eigenvalue weighted by Gasteiger charge is -2.09. The fraction of sp³-hybridized carbons (Fsp3) is 0.0769. The van der Waals surface area contributed by atoms with Crippen LogP contribution in [0.2, 0.25) is 20.1 Å². The molecule has 2 aromatic rings. The number of alkyl halides is 3. The molecule has 0 amide bonds. The van der Waals surface area contributed by atoms with Gasteiger partial charge in [-0.3, -0.25) is 0 Å². The average molecular weight is 422 g/mol. The lowest BCUT2D eigenvalue weighted by Crippen LogP contribution is -2.09. The largest absolute Gasteiger partial charge is 0.418 e. The van der Waals surface area contributed by atoms with E-state index >= 15 is 0 Å². The van der Waals surface area contributed by atoms with Crippen LogP contribution in [0.25, 0.3) is 0 Å². The van der Waals surface area contributed by atoms with Crippen LogP contribution in [0.1, 0.15) is 5.56 Å². The number of rotatable bonds is 0. The van der Waals surface area contributed by atoms with Gasteiger partial charge in [0.05, 0.1) is 37.0 Å². The van der Waals surface area contributed by atoms with Crippen molar-refractivity contribution in [1.29, 1.82) is 0 Å². The van der Waals surface area contributed by atoms with Crippen LogP contribution in [0, 0.1) is 0 Å². The number of hydrogen-bond acceptors (Lipinski definition) is 4. The van der Waals surface area contributed by atoms with Gasteiger partial charge in [0.15, 0.2) is 0 Å². The summed E-state index contributed by atoms with van der Waals surface area (Å²) < 4.78 is 36.3. The van der Waals surface area contributed by atoms with Crippen LogP contribution in [0.3, 0.4) is 0 Å². The summed E-state index contributed by atoms with van der Waals surface area (Å²) >= 11 is 22.7. The lowest BCUT2D eigenvalue weighted by atomic mass is 10.1. The Bertz CT molecular complexity index is 661. The molecular weight excluding hydrogens is 411 g/mol. The Kier molecular flexibility index (Phi) is 6.58. The molecule has 0 bridgehead atoms. The molecule has 0 aromatic heterocycles. The molecule has 0 spiro atoms. The van der Waals surface area contributed by atoms with Crippen LogP contribution in [-0.4, -0.2) is 0 Å². The molecule has 2 aromatic carbocycles. The highest BCUT2D eigenvalue weighted by Crippen LogP contribution is 2.44. The van der Waals surface area contributed by atoms with Crippen LogP contribution in [0.5, 0.6) is 0 Å². The van der Waals surface area contributed by atoms with E-state index < -0.39 is 11.7 Å². The highest BCUT2D eigenvalue weighted by atomic mass is 35.5. The van der Waals surface area contributed by atoms with Gasteiger partial charge in [0.2, 0.25) is 0 Å². The fourth-order valence-electron chi connectivity index (χ4n) is 1.49. The van der Waals surface area contributed by atoms with E-state index in [1.165, 1.54) is 6.07 Å². The maximum absolute atomic E-state index is 12.1. The Morgan fingerprint density at radius 2 is 1.17 bits per heavy atom. The predicted molar refractivity (Wildman–Crippen MR) is 95.6 cm³/mol. The minimum absolute atomic E-state index is 0.0523. The summed E-state index contributed by atoms with van der Waals surface area (Å²) in [5.41, 5.74) is 20.3. The van der Waals surface area contributed by atoms with Gasteiger partial charge in [-0.2, -0.15) is 13.2 Å². The number of nitrogen functional groups attached to an aromatic ring is 4. The smallest absolute Gasteiger partial charge is 0.399 e. The molecular formula is C13H11Cl4F3N4. The monoisotopic (exact) mass is 420 g/mol. The molecule has 0 saturated carbocycles. The minimum atomic E-state index is -4.43. The Hall–Kier alpha value is -1.41. The summed E-state index contributed by atoms with van der Waals surface area (Å²) in [6, 6.07) is 3.28. The molecule has 0 fully saturated rings. The van der Waals surface area contributed by atoms with Crippen molar-refractivity contribution in [2.45, 2.75) is 6.18 Å². The van der Waals surface area contributed by atoms with Crippen LogP contribution in [0.4, 0.5) is 35.9 Å². The molecule has 0 atom stereocenters. The summed E-state index contributed by atoms with van der Waals surface area (Å²) in [4.78, 5) is 0. The molecule has 24 heavy (non-hydrogen) atoms. The van der Waals surface area contributed by atoms with Crippen molar-refractivity contribution in [2.75, 3.05) is 22.9 Å². The first kappa shape index (κ1) is 20.6. The maximum atomic E-state index is 12.1. The minimum Gasteiger partial charge on any atom is -0.399 e. The molecule has 0 aliphatic heterocycles. The molecule has 0 unspecified atom stereocenters. The van der Waals surface area contributed by atoms with Gasteiger partial charge >= 0.3 is 6.18 Å². The van der Waals surface area contributed by atoms with E-state index in [1.54, 1.807) is 0 Å². The third-order valence-electron chi connectivity index (χ3n) is 2.71. The zero-order chi connectivity index (χ0) is 18.8. The van der Waals surface area contributed by atoms with Gasteiger partial charge in [-0.05, 0) is 18.2 Å². The first-order valence-corrected chi connectivity index (χ1v) is 7.48. The van der Waals surface area contributed by atoms with Gasteiger partial charge < -0.3 is 22.9 Å². The highest BCUT2D eigenvalue weighted by Gasteiger charge is 2.32. The lowest BCUT2D eigenvalue weighted by molar-refractivity contribution is -0.136. The first-order valence-electron chi connectivity index (χ1n) is 5.97. The van der Waals surface area contributed by atoms with Gasteiger partial charge in [0, 0.05) is 11.4 Å². The van der Waals surface area contributed by atoms with E-state index in [-0.39, 0.29) is 42.8 Å². The predicted octanol–water partition coefficient (Wildman–Crippen LogP) is 5.33. The van der Waals surface area contributed by atoms with Gasteiger partial charge in [-0.25, -0.2) is 0 Å². The zero-order valence-corrected chi connectivity index (χ0v) is 14.7. The van der Waals surface area contributed by atoms with Crippen molar-refractivity contribution in [3.63, 3.8) is 0 Å². The van der Waals surface area contributed by atoms with E-state index in [0.29, 0.717) is 0 Å². The van der Waals surface area contributed by atoms with Crippen molar-refractivity contribution in [3.05, 3.63) is 43.9 Å². The summed E-state index contributed by atoms with van der Waals surface area (Å²) in [5, 5.41) is 0.508. The Labute approximate surface area is 155 Å². The van der Waals surface area contributed by atoms with Gasteiger partial charge in [0.1, 0.15) is 0 Å². The summed E-state index contributed by atoms with van der Waals surface area (Å²) in [7, 11) is 0. The Balaban J connectivity index is 0.000000240. The second-order valence-electron chi connectivity index (χ2n) is 4.43. The van der Waals surface area contributed by atoms with Crippen LogP contribution < -0.4 is 22.9 Å². The topological polar surface area (TPSA) is 104 Å². The third kappa shape index (κ3) is 4.57. The van der Waals surface area contributed by atoms with Gasteiger partial charge in [-0.15, -0.1) is 0 Å². The molecule has 0 radical (unpaired) electrons. The average Bonchev–Trinajstić information content (AvgIpc) is 2.51. The molecule has 0 heterocycles. The van der Waals surface area contributed by atoms with Crippen molar-refractivity contribution in [2.24, 2.45) is 0 Å². The number of benzene rings is 2. The van der Waals surface area contributed by atoms with E-state index in [1.807, 2.05) is 0 Å². The molecule has 4 nitrogen and oxygen atoms in total. The quantitative estimate of drug-likeness (QED) is 0.262. The number of hydrogen-bond donors (Lipinski definition) is 4. The van der Waals surface area contributed by atoms with Gasteiger partial charge in [-0.1, -0.05) is 46.4 Å². The molecule has 0 aliphatic rings. The Morgan fingerprint density at radius 1 is 0.708 bits per heavy atom. The van der Waals surface area contributed by atoms with Crippen molar-refractivity contribution >= 4 is 69.2 Å².